The van der Waals surface area contributed by atoms with E-state index in [1.54, 1.807) is 84.9 Å². The first kappa shape index (κ1) is 88.3. The first-order valence-corrected chi connectivity index (χ1v) is 43.1. The molecule has 117 heavy (non-hydrogen) atoms. The fraction of sp³-hybridized carbons (Fsp3) is 0.118. The Morgan fingerprint density at radius 1 is 0.376 bits per heavy atom. The number of phenolic OH excluding ortho intramolecular Hbond substituents is 2. The smallest absolute Gasteiger partial charge is 0.433 e. The number of aromatic hydroxyl groups is 2. The highest BCUT2D eigenvalue weighted by Crippen LogP contribution is 2.50. The van der Waals surface area contributed by atoms with Crippen LogP contribution < -0.4 is 11.5 Å². The van der Waals surface area contributed by atoms with Crippen LogP contribution in [0.1, 0.15) is 25.7 Å². The van der Waals surface area contributed by atoms with Crippen molar-refractivity contribution in [3.05, 3.63) is 176 Å². The average Bonchev–Trinajstić information content (AvgIpc) is 0.772. The lowest BCUT2D eigenvalue weighted by atomic mass is 10.1. The van der Waals surface area contributed by atoms with Gasteiger partial charge in [0, 0.05) is 55.1 Å². The van der Waals surface area contributed by atoms with E-state index < -0.39 is 77.6 Å². The zero-order chi connectivity index (χ0) is 83.8. The van der Waals surface area contributed by atoms with Gasteiger partial charge in [-0.25, -0.2) is 27.4 Å². The molecule has 0 aliphatic carbocycles. The van der Waals surface area contributed by atoms with Crippen LogP contribution in [0.25, 0.3) is 21.5 Å². The largest absolute Gasteiger partial charge is 0.505 e. The van der Waals surface area contributed by atoms with E-state index in [4.69, 9.17) is 40.2 Å². The normalized spacial score (nSPS) is 12.4. The molecule has 0 fully saturated rings. The highest BCUT2D eigenvalue weighted by atomic mass is 32.3. The van der Waals surface area contributed by atoms with Crippen molar-refractivity contribution in [2.75, 3.05) is 36.2 Å². The Hall–Kier alpha value is -11.1. The number of hydrogen-bond acceptors (Lipinski definition) is 41. The van der Waals surface area contributed by atoms with E-state index in [-0.39, 0.29) is 126 Å². The molecule has 10 rings (SSSR count). The Morgan fingerprint density at radius 3 is 1.09 bits per heavy atom. The number of nitrogens with two attached hydrogens (primary N) is 2. The topological polar surface area (TPSA) is 596 Å². The van der Waals surface area contributed by atoms with Gasteiger partial charge >= 0.3 is 20.8 Å². The molecule has 0 aliphatic heterocycles. The predicted octanol–water partition coefficient (Wildman–Crippen LogP) is 18.5. The molecule has 0 saturated carbocycles. The second kappa shape index (κ2) is 41.2. The predicted molar refractivity (Wildman–Crippen MR) is 423 cm³/mol. The number of nitrogens with zero attached hydrogens (tertiary/aromatic N) is 12. The van der Waals surface area contributed by atoms with Gasteiger partial charge in [0.1, 0.15) is 33.3 Å². The zero-order valence-electron chi connectivity index (χ0n) is 59.0. The van der Waals surface area contributed by atoms with Crippen molar-refractivity contribution in [3.8, 4) is 34.2 Å². The summed E-state index contributed by atoms with van der Waals surface area (Å²) in [6.07, 6.45) is 4.69. The lowest BCUT2D eigenvalue weighted by molar-refractivity contribution is -0.432. The summed E-state index contributed by atoms with van der Waals surface area (Å²) in [4.78, 5) is 8.06. The fourth-order valence-electron chi connectivity index (χ4n) is 9.82. The lowest BCUT2D eigenvalue weighted by Crippen LogP contribution is -2.10. The molecule has 0 heterocycles. The molecule has 11 N–H and O–H groups in total. The number of hydrogen-bond donors (Lipinski definition) is 9. The minimum absolute atomic E-state index is 0.00276. The summed E-state index contributed by atoms with van der Waals surface area (Å²) < 4.78 is 171. The van der Waals surface area contributed by atoms with Gasteiger partial charge in [-0.1, -0.05) is 10.1 Å². The Labute approximate surface area is 680 Å². The first-order valence-electron chi connectivity index (χ1n) is 32.5. The van der Waals surface area contributed by atoms with E-state index in [1.165, 1.54) is 72.8 Å². The molecule has 0 bridgehead atoms. The van der Waals surface area contributed by atoms with Crippen LogP contribution in [0.3, 0.4) is 0 Å². The standard InChI is InChI=1S/C68H56N14O26S9/c69-57-28-26-53-55(40-60(111-105-103-85)65(67(53)83)81-76-44-9-5-42(6-10-44)71-73-46-13-19-49(20-14-46)109-35-33-101-107-116(94,95)96)63(57)79-75-48-17-23-51(24-18-48)113(87,88)37-3-1-31-100-32-2-4-38-114(89,90)52-25-30-59(62(39-52)115(91,92)93)78-80-64-56-41-61(112-106-104-86)66(68(84)54(56)27-29-58(64)70)82-77-45-11-7-43(8-12-45)72-74-47-15-21-50(22-16-47)110-36-34-102-108-117(97,98)99/h5-30,39-41,83-86H,1-4,31-32,37-38,69-70H2,(H,91,92,93)(H,94,95,96)(H,97,98,99). The van der Waals surface area contributed by atoms with Crippen molar-refractivity contribution in [1.29, 1.82) is 0 Å². The Kier molecular flexibility index (Phi) is 31.0. The molecule has 0 amide bonds. The minimum Gasteiger partial charge on any atom is -0.505 e. The maximum absolute atomic E-state index is 13.5. The van der Waals surface area contributed by atoms with E-state index in [1.807, 2.05) is 12.2 Å². The number of anilines is 2. The van der Waals surface area contributed by atoms with Gasteiger partial charge in [-0.15, -0.1) is 34.2 Å². The highest BCUT2D eigenvalue weighted by molar-refractivity contribution is 8.04. The van der Waals surface area contributed by atoms with Gasteiger partial charge in [0.15, 0.2) is 43.4 Å². The number of fused-ring (bicyclic) bond motifs is 2. The second-order valence-corrected chi connectivity index (χ2v) is 33.9. The third kappa shape index (κ3) is 26.2. The van der Waals surface area contributed by atoms with Gasteiger partial charge < -0.3 is 26.4 Å². The van der Waals surface area contributed by atoms with E-state index in [0.29, 0.717) is 68.7 Å². The third-order valence-corrected chi connectivity index (χ3v) is 22.8. The number of nitrogen functional groups attached to an aromatic ring is 2. The molecule has 10 aromatic rings. The van der Waals surface area contributed by atoms with Gasteiger partial charge in [-0.3, -0.25) is 23.4 Å². The Bertz CT molecular complexity index is 6230. The molecule has 608 valence electrons. The van der Waals surface area contributed by atoms with Crippen LogP contribution in [0.2, 0.25) is 0 Å². The summed E-state index contributed by atoms with van der Waals surface area (Å²) in [5.41, 5.74) is 14.5. The fourth-order valence-corrected chi connectivity index (χ4v) is 15.5. The molecule has 10 aromatic carbocycles. The van der Waals surface area contributed by atoms with Crippen LogP contribution in [0, 0.1) is 22.7 Å². The average molecular weight is 1770 g/mol. The number of ether oxygens (including phenoxy) is 1. The Morgan fingerprint density at radius 2 is 0.718 bits per heavy atom. The maximum Gasteiger partial charge on any atom is 0.433 e. The van der Waals surface area contributed by atoms with Crippen LogP contribution in [-0.2, 0) is 92.5 Å². The molecule has 49 heteroatoms. The molecule has 0 aromatic heterocycles. The second-order valence-electron chi connectivity index (χ2n) is 23.0. The van der Waals surface area contributed by atoms with E-state index >= 15 is 0 Å². The summed E-state index contributed by atoms with van der Waals surface area (Å²) in [7, 11) is -22.8. The Balaban J connectivity index is 0.690. The third-order valence-electron chi connectivity index (χ3n) is 15.2. The molecular weight excluding hydrogens is 1720 g/mol. The monoisotopic (exact) mass is 1770 g/mol. The maximum atomic E-state index is 13.5. The van der Waals surface area contributed by atoms with Gasteiger partial charge in [0.2, 0.25) is 0 Å². The number of sulfone groups is 2. The molecule has 0 aliphatic rings. The minimum atomic E-state index is -5.17. The van der Waals surface area contributed by atoms with E-state index in [9.17, 15) is 56.9 Å². The number of thioether (sulfide) groups is 2. The summed E-state index contributed by atoms with van der Waals surface area (Å²) in [6.45, 7) is 0.231. The SMILES string of the molecule is Nc1ccc2c(O)c(N=Nc3ccc(N=Nc4ccc(SC#COOS(=O)(=O)O)cc4)cc3)c(SOOO)cc2c1N=Nc1ccc(S(=O)(=O)CCCCOCCCCS(=O)(=O)c2ccc(N=Nc3c(N)ccc4c(O)c(N=Nc5ccc(N=Nc6ccc(SC#COOS(=O)(=O)O)cc6)cc5)c(SOOO)cc34)c(S(=O)(=O)O)c2)cc1. The molecule has 0 atom stereocenters. The van der Waals surface area contributed by atoms with E-state index in [0.717, 1.165) is 41.7 Å². The van der Waals surface area contributed by atoms with Crippen molar-refractivity contribution in [3.63, 3.8) is 0 Å². The van der Waals surface area contributed by atoms with Crippen molar-refractivity contribution >= 4 is 199 Å². The van der Waals surface area contributed by atoms with Crippen LogP contribution >= 0.6 is 47.6 Å². The summed E-state index contributed by atoms with van der Waals surface area (Å²) >= 11 is 2.79. The van der Waals surface area contributed by atoms with Gasteiger partial charge in [-0.2, -0.15) is 61.1 Å². The van der Waals surface area contributed by atoms with Gasteiger partial charge in [0.25, 0.3) is 10.1 Å². The molecule has 0 saturated heterocycles. The molecular formula is C68H56N14O26S9. The van der Waals surface area contributed by atoms with Crippen LogP contribution in [0.4, 0.5) is 79.6 Å². The van der Waals surface area contributed by atoms with E-state index in [2.05, 4.69) is 105 Å². The molecule has 0 unspecified atom stereocenters. The number of azo groups is 6. The van der Waals surface area contributed by atoms with Crippen molar-refractivity contribution in [1.82, 2.24) is 0 Å². The van der Waals surface area contributed by atoms with Crippen LogP contribution in [-0.4, -0.2) is 101 Å². The number of benzene rings is 10. The quantitative estimate of drug-likeness (QED) is 0.00201. The van der Waals surface area contributed by atoms with Crippen LogP contribution in [0.5, 0.6) is 11.5 Å². The summed E-state index contributed by atoms with van der Waals surface area (Å²) in [5.74, 6) is -1.61. The number of rotatable bonds is 37. The molecule has 0 spiro atoms. The van der Waals surface area contributed by atoms with Crippen LogP contribution in [0.15, 0.2) is 272 Å². The first-order chi connectivity index (χ1) is 55.9. The highest BCUT2D eigenvalue weighted by Gasteiger charge is 2.25. The van der Waals surface area contributed by atoms with Gasteiger partial charge in [-0.05, 0) is 234 Å². The lowest BCUT2D eigenvalue weighted by Gasteiger charge is -2.12. The number of phenols is 2. The number of unbranched alkanes of at least 4 members (excludes halogenated alkanes) is 2. The van der Waals surface area contributed by atoms with Crippen molar-refractivity contribution in [2.45, 2.75) is 60.0 Å². The molecule has 40 nitrogen and oxygen atoms in total. The zero-order valence-corrected chi connectivity index (χ0v) is 66.3. The summed E-state index contributed by atoms with van der Waals surface area (Å²) in [5, 5.41) is 105. The van der Waals surface area contributed by atoms with Crippen molar-refractivity contribution in [2.24, 2.45) is 61.4 Å². The summed E-state index contributed by atoms with van der Waals surface area (Å²) in [6, 6.07) is 42.7. The molecule has 0 radical (unpaired) electrons. The van der Waals surface area contributed by atoms with Gasteiger partial charge in [0.05, 0.1) is 106 Å². The van der Waals surface area contributed by atoms with Crippen molar-refractivity contribution < 1.29 is 118 Å².